The van der Waals surface area contributed by atoms with Crippen molar-refractivity contribution in [1.29, 1.82) is 0 Å². The SMILES string of the molecule is CSc1ccc(C2=C(I)C(=O)C(C)(C)O2)cc1. The Hall–Kier alpha value is -0.490. The van der Waals surface area contributed by atoms with Crippen LogP contribution in [0.5, 0.6) is 0 Å². The number of hydrogen-bond acceptors (Lipinski definition) is 3. The molecule has 0 radical (unpaired) electrons. The van der Waals surface area contributed by atoms with Crippen LogP contribution in [0.1, 0.15) is 19.4 Å². The van der Waals surface area contributed by atoms with E-state index in [1.54, 1.807) is 25.6 Å². The summed E-state index contributed by atoms with van der Waals surface area (Å²) < 4.78 is 6.43. The van der Waals surface area contributed by atoms with Crippen LogP contribution >= 0.6 is 34.4 Å². The average molecular weight is 360 g/mol. The quantitative estimate of drug-likeness (QED) is 0.591. The minimum atomic E-state index is -0.732. The normalized spacial score (nSPS) is 18.5. The highest BCUT2D eigenvalue weighted by Gasteiger charge is 2.41. The number of Topliss-reactive ketones (excluding diaryl/α,β-unsaturated/α-hetero) is 1. The molecule has 0 atom stereocenters. The number of ketones is 1. The highest BCUT2D eigenvalue weighted by Crippen LogP contribution is 2.39. The second-order valence-electron chi connectivity index (χ2n) is 4.31. The fraction of sp³-hybridized carbons (Fsp3) is 0.308. The molecular formula is C13H13IO2S. The number of hydrogen-bond donors (Lipinski definition) is 0. The summed E-state index contributed by atoms with van der Waals surface area (Å²) in [6.45, 7) is 3.61. The zero-order valence-corrected chi connectivity index (χ0v) is 12.9. The maximum atomic E-state index is 11.9. The number of rotatable bonds is 2. The molecule has 0 N–H and O–H groups in total. The second kappa shape index (κ2) is 4.65. The third kappa shape index (κ3) is 2.38. The summed E-state index contributed by atoms with van der Waals surface area (Å²) in [5.41, 5.74) is 0.232. The number of carbonyl (C=O) groups excluding carboxylic acids is 1. The first-order valence-electron chi connectivity index (χ1n) is 5.24. The first kappa shape index (κ1) is 13.0. The molecule has 0 saturated heterocycles. The van der Waals surface area contributed by atoms with E-state index in [1.807, 2.05) is 30.5 Å². The lowest BCUT2D eigenvalue weighted by molar-refractivity contribution is -0.125. The lowest BCUT2D eigenvalue weighted by Gasteiger charge is -2.17. The van der Waals surface area contributed by atoms with Crippen LogP contribution in [-0.2, 0) is 9.53 Å². The number of carbonyl (C=O) groups is 1. The third-order valence-corrected chi connectivity index (χ3v) is 4.38. The lowest BCUT2D eigenvalue weighted by Crippen LogP contribution is -2.28. The van der Waals surface area contributed by atoms with Crippen LogP contribution in [0.4, 0.5) is 0 Å². The number of benzene rings is 1. The summed E-state index contributed by atoms with van der Waals surface area (Å²) in [6.07, 6.45) is 2.04. The molecular weight excluding hydrogens is 347 g/mol. The molecule has 0 fully saturated rings. The molecule has 2 nitrogen and oxygen atoms in total. The zero-order chi connectivity index (χ0) is 12.6. The third-order valence-electron chi connectivity index (χ3n) is 2.65. The van der Waals surface area contributed by atoms with Gasteiger partial charge in [0.05, 0.1) is 0 Å². The summed E-state index contributed by atoms with van der Waals surface area (Å²) in [4.78, 5) is 13.1. The van der Waals surface area contributed by atoms with Crippen LogP contribution in [0.2, 0.25) is 0 Å². The average Bonchev–Trinajstić information content (AvgIpc) is 2.53. The number of halogens is 1. The molecule has 90 valence electrons. The van der Waals surface area contributed by atoms with Gasteiger partial charge in [0, 0.05) is 10.5 Å². The van der Waals surface area contributed by atoms with E-state index in [9.17, 15) is 4.79 Å². The van der Waals surface area contributed by atoms with Crippen LogP contribution < -0.4 is 0 Å². The number of thioether (sulfide) groups is 1. The van der Waals surface area contributed by atoms with Crippen molar-refractivity contribution in [2.24, 2.45) is 0 Å². The Labute approximate surface area is 119 Å². The largest absolute Gasteiger partial charge is 0.478 e. The number of ether oxygens (including phenoxy) is 1. The Morgan fingerprint density at radius 3 is 2.24 bits per heavy atom. The molecule has 1 aromatic carbocycles. The minimum Gasteiger partial charge on any atom is -0.478 e. The maximum Gasteiger partial charge on any atom is 0.215 e. The van der Waals surface area contributed by atoms with E-state index >= 15 is 0 Å². The highest BCUT2D eigenvalue weighted by molar-refractivity contribution is 14.1. The summed E-state index contributed by atoms with van der Waals surface area (Å²) in [7, 11) is 0. The van der Waals surface area contributed by atoms with Gasteiger partial charge in [0.25, 0.3) is 0 Å². The second-order valence-corrected chi connectivity index (χ2v) is 6.27. The molecule has 17 heavy (non-hydrogen) atoms. The molecule has 4 heteroatoms. The molecule has 1 aliphatic heterocycles. The Balaban J connectivity index is 2.38. The van der Waals surface area contributed by atoms with E-state index in [4.69, 9.17) is 4.74 Å². The van der Waals surface area contributed by atoms with Crippen LogP contribution in [0, 0.1) is 0 Å². The van der Waals surface area contributed by atoms with Gasteiger partial charge in [0.15, 0.2) is 5.60 Å². The fourth-order valence-electron chi connectivity index (χ4n) is 1.64. The van der Waals surface area contributed by atoms with Gasteiger partial charge in [-0.1, -0.05) is 12.1 Å². The molecule has 0 unspecified atom stereocenters. The van der Waals surface area contributed by atoms with Crippen molar-refractivity contribution in [3.05, 3.63) is 33.4 Å². The Morgan fingerprint density at radius 1 is 1.24 bits per heavy atom. The fourth-order valence-corrected chi connectivity index (χ4v) is 3.12. The van der Waals surface area contributed by atoms with Gasteiger partial charge in [-0.3, -0.25) is 4.79 Å². The van der Waals surface area contributed by atoms with Gasteiger partial charge in [-0.15, -0.1) is 11.8 Å². The Kier molecular flexibility index (Phi) is 3.54. The van der Waals surface area contributed by atoms with Gasteiger partial charge in [-0.25, -0.2) is 0 Å². The van der Waals surface area contributed by atoms with E-state index < -0.39 is 5.60 Å². The summed E-state index contributed by atoms with van der Waals surface area (Å²) >= 11 is 3.76. The summed E-state index contributed by atoms with van der Waals surface area (Å²) in [5, 5.41) is 0. The van der Waals surface area contributed by atoms with Crippen LogP contribution in [-0.4, -0.2) is 17.6 Å². The monoisotopic (exact) mass is 360 g/mol. The van der Waals surface area contributed by atoms with Crippen LogP contribution in [0.3, 0.4) is 0 Å². The van der Waals surface area contributed by atoms with Crippen LogP contribution in [0.15, 0.2) is 32.7 Å². The lowest BCUT2D eigenvalue weighted by atomic mass is 10.1. The van der Waals surface area contributed by atoms with Gasteiger partial charge in [-0.05, 0) is 54.8 Å². The predicted octanol–water partition coefficient (Wildman–Crippen LogP) is 3.89. The van der Waals surface area contributed by atoms with Gasteiger partial charge in [-0.2, -0.15) is 0 Å². The molecule has 1 heterocycles. The van der Waals surface area contributed by atoms with E-state index in [0.717, 1.165) is 5.56 Å². The Bertz CT molecular complexity index is 489. The van der Waals surface area contributed by atoms with Gasteiger partial charge < -0.3 is 4.74 Å². The van der Waals surface area contributed by atoms with Gasteiger partial charge in [0.2, 0.25) is 5.78 Å². The molecule has 1 aromatic rings. The molecule has 0 amide bonds. The molecule has 0 aliphatic carbocycles. The standard InChI is InChI=1S/C13H13IO2S/c1-13(2)12(15)10(14)11(16-13)8-4-6-9(17-3)7-5-8/h4-7H,1-3H3. The van der Waals surface area contributed by atoms with E-state index in [2.05, 4.69) is 22.6 Å². The van der Waals surface area contributed by atoms with E-state index in [0.29, 0.717) is 9.34 Å². The molecule has 0 bridgehead atoms. The minimum absolute atomic E-state index is 0.0574. The molecule has 2 rings (SSSR count). The van der Waals surface area contributed by atoms with Crippen molar-refractivity contribution in [2.75, 3.05) is 6.26 Å². The molecule has 1 aliphatic rings. The van der Waals surface area contributed by atoms with Crippen molar-refractivity contribution in [1.82, 2.24) is 0 Å². The van der Waals surface area contributed by atoms with Gasteiger partial charge >= 0.3 is 0 Å². The summed E-state index contributed by atoms with van der Waals surface area (Å²) in [6, 6.07) is 8.06. The van der Waals surface area contributed by atoms with Crippen molar-refractivity contribution < 1.29 is 9.53 Å². The Morgan fingerprint density at radius 2 is 1.82 bits per heavy atom. The smallest absolute Gasteiger partial charge is 0.215 e. The maximum absolute atomic E-state index is 11.9. The van der Waals surface area contributed by atoms with Crippen molar-refractivity contribution >= 4 is 45.9 Å². The van der Waals surface area contributed by atoms with E-state index in [1.165, 1.54) is 4.90 Å². The van der Waals surface area contributed by atoms with Gasteiger partial charge in [0.1, 0.15) is 9.34 Å². The molecule has 0 aromatic heterocycles. The molecule has 0 spiro atoms. The van der Waals surface area contributed by atoms with Crippen molar-refractivity contribution in [2.45, 2.75) is 24.3 Å². The van der Waals surface area contributed by atoms with E-state index in [-0.39, 0.29) is 5.78 Å². The first-order valence-corrected chi connectivity index (χ1v) is 7.54. The summed E-state index contributed by atoms with van der Waals surface area (Å²) in [5.74, 6) is 0.760. The zero-order valence-electron chi connectivity index (χ0n) is 9.91. The predicted molar refractivity (Wildman–Crippen MR) is 79.3 cm³/mol. The first-order chi connectivity index (χ1) is 7.95. The van der Waals surface area contributed by atoms with Crippen molar-refractivity contribution in [3.8, 4) is 0 Å². The van der Waals surface area contributed by atoms with Crippen LogP contribution in [0.25, 0.3) is 5.76 Å². The van der Waals surface area contributed by atoms with Crippen molar-refractivity contribution in [3.63, 3.8) is 0 Å². The highest BCUT2D eigenvalue weighted by atomic mass is 127. The molecule has 0 saturated carbocycles. The topological polar surface area (TPSA) is 26.3 Å².